The second kappa shape index (κ2) is 5.63. The molecule has 0 aliphatic carbocycles. The number of fused-ring (bicyclic) bond motifs is 1. The smallest absolute Gasteiger partial charge is 0.235 e. The van der Waals surface area contributed by atoms with Crippen molar-refractivity contribution in [3.63, 3.8) is 0 Å². The van der Waals surface area contributed by atoms with E-state index < -0.39 is 11.2 Å². The summed E-state index contributed by atoms with van der Waals surface area (Å²) in [7, 11) is 0. The number of aromatic nitrogens is 1. The van der Waals surface area contributed by atoms with Crippen molar-refractivity contribution in [1.29, 1.82) is 0 Å². The van der Waals surface area contributed by atoms with E-state index in [0.29, 0.717) is 16.1 Å². The van der Waals surface area contributed by atoms with Crippen LogP contribution in [0.1, 0.15) is 0 Å². The van der Waals surface area contributed by atoms with Gasteiger partial charge in [-0.2, -0.15) is 0 Å². The summed E-state index contributed by atoms with van der Waals surface area (Å²) >= 11 is 23.5. The fraction of sp³-hybridized carbons (Fsp3) is 0. The molecule has 0 fully saturated rings. The van der Waals surface area contributed by atoms with Crippen LogP contribution in [0.5, 0.6) is 5.75 Å². The normalized spacial score (nSPS) is 11.1. The Hall–Kier alpha value is -1.46. The summed E-state index contributed by atoms with van der Waals surface area (Å²) < 4.78 is 5.47. The van der Waals surface area contributed by atoms with Gasteiger partial charge in [-0.1, -0.05) is 46.4 Å². The van der Waals surface area contributed by atoms with E-state index in [1.54, 1.807) is 18.2 Å². The Morgan fingerprint density at radius 2 is 1.77 bits per heavy atom. The molecule has 22 heavy (non-hydrogen) atoms. The van der Waals surface area contributed by atoms with E-state index in [9.17, 15) is 9.90 Å². The van der Waals surface area contributed by atoms with Gasteiger partial charge in [-0.3, -0.25) is 4.79 Å². The highest BCUT2D eigenvalue weighted by molar-refractivity contribution is 6.48. The van der Waals surface area contributed by atoms with Crippen LogP contribution in [0.3, 0.4) is 0 Å². The zero-order valence-electron chi connectivity index (χ0n) is 10.5. The van der Waals surface area contributed by atoms with Crippen LogP contribution in [0.2, 0.25) is 20.1 Å². The molecular weight excluding hydrogens is 372 g/mol. The number of oxazole rings is 1. The summed E-state index contributed by atoms with van der Waals surface area (Å²) in [5, 5.41) is 10.2. The fourth-order valence-electron chi connectivity index (χ4n) is 1.90. The van der Waals surface area contributed by atoms with Crippen molar-refractivity contribution in [2.24, 2.45) is 0 Å². The molecule has 2 aromatic carbocycles. The maximum Gasteiger partial charge on any atom is 0.235 e. The van der Waals surface area contributed by atoms with E-state index in [2.05, 4.69) is 4.98 Å². The number of hydrogen-bond donors (Lipinski definition) is 1. The molecule has 0 atom stereocenters. The summed E-state index contributed by atoms with van der Waals surface area (Å²) in [6.07, 6.45) is 0. The molecule has 0 amide bonds. The first-order valence-corrected chi connectivity index (χ1v) is 7.37. The van der Waals surface area contributed by atoms with Crippen molar-refractivity contribution < 1.29 is 9.52 Å². The molecule has 112 valence electrons. The highest BCUT2D eigenvalue weighted by Gasteiger charge is 2.20. The van der Waals surface area contributed by atoms with Crippen LogP contribution >= 0.6 is 46.4 Å². The molecule has 0 spiro atoms. The standard InChI is InChI=1S/C14H5Cl4NO3/c15-5-1-2-9-7(3-5)19-14(22-9)10-8(20)4-6(16)11(17)12(18)13(10)21/h1-4,21H. The molecule has 0 aliphatic rings. The Morgan fingerprint density at radius 3 is 2.50 bits per heavy atom. The largest absolute Gasteiger partial charge is 0.505 e. The first-order valence-electron chi connectivity index (χ1n) is 5.85. The number of halogens is 4. The highest BCUT2D eigenvalue weighted by Crippen LogP contribution is 2.39. The Kier molecular flexibility index (Phi) is 3.95. The number of benzene rings is 1. The summed E-state index contributed by atoms with van der Waals surface area (Å²) in [4.78, 5) is 16.4. The second-order valence-corrected chi connectivity index (χ2v) is 5.94. The lowest BCUT2D eigenvalue weighted by atomic mass is 10.2. The summed E-state index contributed by atoms with van der Waals surface area (Å²) in [5.74, 6) is -0.661. The van der Waals surface area contributed by atoms with Crippen LogP contribution in [0.4, 0.5) is 0 Å². The minimum atomic E-state index is -0.631. The molecule has 0 saturated carbocycles. The van der Waals surface area contributed by atoms with E-state index in [-0.39, 0.29) is 26.5 Å². The van der Waals surface area contributed by atoms with Gasteiger partial charge >= 0.3 is 0 Å². The molecule has 0 unspecified atom stereocenters. The zero-order valence-corrected chi connectivity index (χ0v) is 13.6. The van der Waals surface area contributed by atoms with Gasteiger partial charge in [-0.25, -0.2) is 4.98 Å². The van der Waals surface area contributed by atoms with Gasteiger partial charge < -0.3 is 9.52 Å². The average molecular weight is 377 g/mol. The van der Waals surface area contributed by atoms with E-state index in [1.807, 2.05) is 0 Å². The number of hydrogen-bond acceptors (Lipinski definition) is 4. The third-order valence-corrected chi connectivity index (χ3v) is 4.40. The highest BCUT2D eigenvalue weighted by atomic mass is 35.5. The van der Waals surface area contributed by atoms with E-state index in [4.69, 9.17) is 50.8 Å². The van der Waals surface area contributed by atoms with Crippen molar-refractivity contribution in [3.05, 3.63) is 54.6 Å². The predicted molar refractivity (Wildman–Crippen MR) is 87.4 cm³/mol. The first-order chi connectivity index (χ1) is 10.4. The van der Waals surface area contributed by atoms with Crippen molar-refractivity contribution in [1.82, 2.24) is 4.98 Å². The van der Waals surface area contributed by atoms with Gasteiger partial charge in [0.2, 0.25) is 5.89 Å². The topological polar surface area (TPSA) is 63.3 Å². The first kappa shape index (κ1) is 15.4. The molecule has 0 bridgehead atoms. The van der Waals surface area contributed by atoms with Gasteiger partial charge in [0.25, 0.3) is 0 Å². The average Bonchev–Trinajstić information content (AvgIpc) is 2.84. The zero-order chi connectivity index (χ0) is 16.0. The molecule has 0 radical (unpaired) electrons. The molecule has 1 aromatic heterocycles. The van der Waals surface area contributed by atoms with Crippen molar-refractivity contribution in [2.75, 3.05) is 0 Å². The van der Waals surface area contributed by atoms with Crippen LogP contribution in [0.15, 0.2) is 33.5 Å². The summed E-state index contributed by atoms with van der Waals surface area (Å²) in [6.45, 7) is 0. The summed E-state index contributed by atoms with van der Waals surface area (Å²) in [5.41, 5.74) is -0.0285. The minimum Gasteiger partial charge on any atom is -0.505 e. The molecule has 3 aromatic rings. The molecule has 1 heterocycles. The molecule has 8 heteroatoms. The summed E-state index contributed by atoms with van der Waals surface area (Å²) in [6, 6.07) is 5.81. The van der Waals surface area contributed by atoms with E-state index in [0.717, 1.165) is 6.07 Å². The molecule has 1 N–H and O–H groups in total. The molecule has 0 saturated heterocycles. The maximum absolute atomic E-state index is 12.2. The van der Waals surface area contributed by atoms with Gasteiger partial charge in [-0.15, -0.1) is 0 Å². The van der Waals surface area contributed by atoms with Crippen LogP contribution < -0.4 is 5.43 Å². The Balaban J connectivity index is 2.38. The lowest BCUT2D eigenvalue weighted by molar-refractivity contribution is 0.474. The lowest BCUT2D eigenvalue weighted by Gasteiger charge is -1.97. The Morgan fingerprint density at radius 1 is 1.05 bits per heavy atom. The number of aromatic hydroxyl groups is 1. The third-order valence-electron chi connectivity index (χ3n) is 2.91. The second-order valence-electron chi connectivity index (χ2n) is 4.34. The van der Waals surface area contributed by atoms with Crippen LogP contribution in [0, 0.1) is 0 Å². The Bertz CT molecular complexity index is 968. The van der Waals surface area contributed by atoms with Gasteiger partial charge in [0.15, 0.2) is 16.8 Å². The lowest BCUT2D eigenvalue weighted by Crippen LogP contribution is -1.99. The predicted octanol–water partition coefficient (Wildman–Crippen LogP) is 5.17. The Labute approximate surface area is 143 Å². The van der Waals surface area contributed by atoms with Crippen LogP contribution in [-0.4, -0.2) is 10.1 Å². The van der Waals surface area contributed by atoms with Gasteiger partial charge in [-0.05, 0) is 18.2 Å². The van der Waals surface area contributed by atoms with Crippen LogP contribution in [-0.2, 0) is 0 Å². The van der Waals surface area contributed by atoms with Crippen molar-refractivity contribution >= 4 is 57.5 Å². The minimum absolute atomic E-state index is 0.0858. The van der Waals surface area contributed by atoms with Gasteiger partial charge in [0, 0.05) is 11.1 Å². The van der Waals surface area contributed by atoms with Gasteiger partial charge in [0.05, 0.1) is 10.0 Å². The monoisotopic (exact) mass is 375 g/mol. The fourth-order valence-corrected chi connectivity index (χ4v) is 2.65. The number of nitrogens with zero attached hydrogens (tertiary/aromatic N) is 1. The molecule has 0 aliphatic heterocycles. The van der Waals surface area contributed by atoms with Crippen LogP contribution in [0.25, 0.3) is 22.6 Å². The van der Waals surface area contributed by atoms with E-state index >= 15 is 0 Å². The molecule has 4 nitrogen and oxygen atoms in total. The van der Waals surface area contributed by atoms with Crippen molar-refractivity contribution in [3.8, 4) is 17.2 Å². The third kappa shape index (κ3) is 2.52. The SMILES string of the molecule is O=c1cc(Cl)c(Cl)c(Cl)c(O)c1-c1nc2cc(Cl)ccc2o1. The van der Waals surface area contributed by atoms with Crippen molar-refractivity contribution in [2.45, 2.75) is 0 Å². The number of rotatable bonds is 1. The molecular formula is C14H5Cl4NO3. The quantitative estimate of drug-likeness (QED) is 0.635. The van der Waals surface area contributed by atoms with Gasteiger partial charge in [0.1, 0.15) is 16.1 Å². The maximum atomic E-state index is 12.2. The molecule has 3 rings (SSSR count). The van der Waals surface area contributed by atoms with E-state index in [1.165, 1.54) is 0 Å².